The molecule has 0 aliphatic carbocycles. The van der Waals surface area contributed by atoms with Crippen LogP contribution < -0.4 is 10.6 Å². The van der Waals surface area contributed by atoms with E-state index >= 15 is 0 Å². The first kappa shape index (κ1) is 32.0. The number of hydrogen-bond donors (Lipinski definition) is 2. The van der Waals surface area contributed by atoms with Gasteiger partial charge in [-0.25, -0.2) is 8.42 Å². The van der Waals surface area contributed by atoms with Gasteiger partial charge in [0.2, 0.25) is 15.9 Å². The van der Waals surface area contributed by atoms with Crippen molar-refractivity contribution in [2.24, 2.45) is 5.92 Å². The molecule has 1 heterocycles. The summed E-state index contributed by atoms with van der Waals surface area (Å²) in [5.74, 6) is -0.583. The van der Waals surface area contributed by atoms with E-state index in [-0.39, 0.29) is 47.3 Å². The summed E-state index contributed by atoms with van der Waals surface area (Å²) in [4.78, 5) is 26.7. The summed E-state index contributed by atoms with van der Waals surface area (Å²) >= 11 is 13.4. The van der Waals surface area contributed by atoms with Gasteiger partial charge in [-0.05, 0) is 48.1 Å². The number of halogens is 2. The molecule has 216 valence electrons. The van der Waals surface area contributed by atoms with E-state index < -0.39 is 22.2 Å². The van der Waals surface area contributed by atoms with E-state index in [9.17, 15) is 18.0 Å². The summed E-state index contributed by atoms with van der Waals surface area (Å²) in [5.41, 5.74) is 0. The molecule has 1 aromatic heterocycles. The normalized spacial score (nSPS) is 13.4. The van der Waals surface area contributed by atoms with Crippen molar-refractivity contribution >= 4 is 66.5 Å². The Hall–Kier alpha value is -2.47. The van der Waals surface area contributed by atoms with E-state index in [1.54, 1.807) is 0 Å². The molecule has 40 heavy (non-hydrogen) atoms. The molecule has 2 N–H and O–H groups in total. The van der Waals surface area contributed by atoms with Gasteiger partial charge in [-0.15, -0.1) is 17.9 Å². The number of carbonyl (C=O) groups excluding carboxylic acids is 2. The molecule has 0 spiro atoms. The summed E-state index contributed by atoms with van der Waals surface area (Å²) in [5, 5.41) is 6.96. The predicted molar refractivity (Wildman–Crippen MR) is 162 cm³/mol. The second-order valence-electron chi connectivity index (χ2n) is 9.65. The van der Waals surface area contributed by atoms with Crippen LogP contribution in [0.4, 0.5) is 0 Å². The highest BCUT2D eigenvalue weighted by atomic mass is 35.5. The minimum absolute atomic E-state index is 0.00196. The molecule has 8 nitrogen and oxygen atoms in total. The predicted octanol–water partition coefficient (Wildman–Crippen LogP) is 5.36. The van der Waals surface area contributed by atoms with E-state index in [1.807, 2.05) is 44.2 Å². The van der Waals surface area contributed by atoms with Crippen LogP contribution in [0.1, 0.15) is 29.9 Å². The Kier molecular flexibility index (Phi) is 11.6. The highest BCUT2D eigenvalue weighted by molar-refractivity contribution is 7.89. The molecule has 3 aromatic rings. The topological polar surface area (TPSA) is 105 Å². The number of rotatable bonds is 14. The molecular formula is C28H33Cl2N3O5S2. The molecule has 0 saturated heterocycles. The van der Waals surface area contributed by atoms with Gasteiger partial charge >= 0.3 is 0 Å². The van der Waals surface area contributed by atoms with Crippen LogP contribution in [-0.4, -0.2) is 63.4 Å². The Morgan fingerprint density at radius 3 is 2.52 bits per heavy atom. The van der Waals surface area contributed by atoms with E-state index in [2.05, 4.69) is 17.2 Å². The van der Waals surface area contributed by atoms with E-state index in [0.29, 0.717) is 16.3 Å². The van der Waals surface area contributed by atoms with Gasteiger partial charge < -0.3 is 15.4 Å². The molecule has 2 atom stereocenters. The summed E-state index contributed by atoms with van der Waals surface area (Å²) in [7, 11) is -2.56. The van der Waals surface area contributed by atoms with Gasteiger partial charge in [0.1, 0.15) is 10.9 Å². The van der Waals surface area contributed by atoms with Crippen LogP contribution in [0.5, 0.6) is 0 Å². The zero-order chi connectivity index (χ0) is 29.4. The van der Waals surface area contributed by atoms with Crippen molar-refractivity contribution in [1.29, 1.82) is 0 Å². The lowest BCUT2D eigenvalue weighted by molar-refractivity contribution is -0.124. The third kappa shape index (κ3) is 8.52. The molecule has 1 unspecified atom stereocenters. The van der Waals surface area contributed by atoms with Crippen LogP contribution in [-0.2, 0) is 19.6 Å². The van der Waals surface area contributed by atoms with Crippen LogP contribution in [0.2, 0.25) is 10.0 Å². The number of benzene rings is 2. The van der Waals surface area contributed by atoms with Gasteiger partial charge in [0.15, 0.2) is 0 Å². The first-order chi connectivity index (χ1) is 18.9. The van der Waals surface area contributed by atoms with Crippen molar-refractivity contribution in [1.82, 2.24) is 14.9 Å². The number of amides is 2. The van der Waals surface area contributed by atoms with Crippen LogP contribution >= 0.6 is 34.5 Å². The number of carbonyl (C=O) groups is 2. The largest absolute Gasteiger partial charge is 0.371 e. The monoisotopic (exact) mass is 625 g/mol. The third-order valence-electron chi connectivity index (χ3n) is 5.97. The maximum absolute atomic E-state index is 13.2. The highest BCUT2D eigenvalue weighted by Crippen LogP contribution is 2.27. The number of likely N-dealkylation sites (N-methyl/N-ethyl adjacent to an activating group) is 1. The summed E-state index contributed by atoms with van der Waals surface area (Å²) in [6.07, 6.45) is 1.25. The van der Waals surface area contributed by atoms with E-state index in [0.717, 1.165) is 14.4 Å². The van der Waals surface area contributed by atoms with Crippen LogP contribution in [0.3, 0.4) is 0 Å². The molecule has 0 fully saturated rings. The summed E-state index contributed by atoms with van der Waals surface area (Å²) in [6.45, 7) is 7.65. The first-order valence-corrected chi connectivity index (χ1v) is 15.6. The van der Waals surface area contributed by atoms with Crippen LogP contribution in [0.15, 0.2) is 66.1 Å². The summed E-state index contributed by atoms with van der Waals surface area (Å²) in [6, 6.07) is 12.9. The van der Waals surface area contributed by atoms with Crippen LogP contribution in [0, 0.1) is 5.92 Å². The Balaban J connectivity index is 1.69. The van der Waals surface area contributed by atoms with Gasteiger partial charge in [0.05, 0.1) is 22.6 Å². The van der Waals surface area contributed by atoms with Crippen molar-refractivity contribution in [2.45, 2.75) is 37.3 Å². The number of hydrogen-bond acceptors (Lipinski definition) is 6. The highest BCUT2D eigenvalue weighted by Gasteiger charge is 2.28. The van der Waals surface area contributed by atoms with Crippen LogP contribution in [0.25, 0.3) is 10.1 Å². The molecule has 2 amide bonds. The average molecular weight is 627 g/mol. The minimum Gasteiger partial charge on any atom is -0.371 e. The fraction of sp³-hybridized carbons (Fsp3) is 0.357. The fourth-order valence-corrected chi connectivity index (χ4v) is 6.89. The zero-order valence-corrected chi connectivity index (χ0v) is 25.7. The SMILES string of the molecule is C=CCOC(CNC(=O)[C@H](CC(C)C)NC(=O)c1cc2ccccc2s1)CN(C)S(=O)(=O)c1ccc(Cl)cc1Cl. The van der Waals surface area contributed by atoms with Gasteiger partial charge in [-0.3, -0.25) is 9.59 Å². The number of ether oxygens (including phenoxy) is 1. The van der Waals surface area contributed by atoms with Gasteiger partial charge in [0, 0.05) is 29.9 Å². The molecule has 0 bridgehead atoms. The molecule has 3 rings (SSSR count). The number of nitrogens with zero attached hydrogens (tertiary/aromatic N) is 1. The van der Waals surface area contributed by atoms with Crippen molar-refractivity contribution in [3.05, 3.63) is 76.1 Å². The maximum atomic E-state index is 13.2. The molecule has 12 heteroatoms. The lowest BCUT2D eigenvalue weighted by Gasteiger charge is -2.26. The standard InChI is InChI=1S/C28H33Cl2N3O5S2/c1-5-12-38-21(17-33(4)40(36,37)26-11-10-20(29)15-22(26)30)16-31-27(34)23(13-18(2)3)32-28(35)25-14-19-8-6-7-9-24(19)39-25/h5-11,14-15,18,21,23H,1,12-13,16-17H2,2-4H3,(H,31,34)(H,32,35)/t21?,23-/m0/s1. The maximum Gasteiger partial charge on any atom is 0.262 e. The Morgan fingerprint density at radius 2 is 1.88 bits per heavy atom. The average Bonchev–Trinajstić information content (AvgIpc) is 3.33. The van der Waals surface area contributed by atoms with E-state index in [4.69, 9.17) is 27.9 Å². The number of nitrogens with one attached hydrogen (secondary N) is 2. The smallest absolute Gasteiger partial charge is 0.262 e. The first-order valence-electron chi connectivity index (χ1n) is 12.6. The Bertz CT molecular complexity index is 1430. The number of sulfonamides is 1. The Labute approximate surface area is 249 Å². The zero-order valence-electron chi connectivity index (χ0n) is 22.5. The second kappa shape index (κ2) is 14.4. The quantitative estimate of drug-likeness (QED) is 0.235. The van der Waals surface area contributed by atoms with Gasteiger partial charge in [-0.2, -0.15) is 4.31 Å². The second-order valence-corrected chi connectivity index (χ2v) is 13.6. The molecule has 0 aliphatic heterocycles. The van der Waals surface area contributed by atoms with Gasteiger partial charge in [0.25, 0.3) is 5.91 Å². The van der Waals surface area contributed by atoms with Crippen molar-refractivity contribution < 1.29 is 22.7 Å². The minimum atomic E-state index is -3.97. The Morgan fingerprint density at radius 1 is 1.15 bits per heavy atom. The third-order valence-corrected chi connectivity index (χ3v) is 9.63. The van der Waals surface area contributed by atoms with Crippen molar-refractivity contribution in [2.75, 3.05) is 26.7 Å². The van der Waals surface area contributed by atoms with Crippen molar-refractivity contribution in [3.8, 4) is 0 Å². The summed E-state index contributed by atoms with van der Waals surface area (Å²) < 4.78 is 34.2. The molecule has 0 radical (unpaired) electrons. The number of fused-ring (bicyclic) bond motifs is 1. The lowest BCUT2D eigenvalue weighted by Crippen LogP contribution is -2.50. The lowest BCUT2D eigenvalue weighted by atomic mass is 10.0. The number of thiophene rings is 1. The molecule has 2 aromatic carbocycles. The molecule has 0 saturated carbocycles. The fourth-order valence-electron chi connectivity index (χ4n) is 3.98. The van der Waals surface area contributed by atoms with Crippen molar-refractivity contribution in [3.63, 3.8) is 0 Å². The van der Waals surface area contributed by atoms with E-state index in [1.165, 1.54) is 42.7 Å². The molecule has 0 aliphatic rings. The molecular weight excluding hydrogens is 593 g/mol. The van der Waals surface area contributed by atoms with Gasteiger partial charge in [-0.1, -0.05) is 61.3 Å².